The molecule has 0 unspecified atom stereocenters. The molecule has 1 saturated heterocycles. The highest BCUT2D eigenvalue weighted by molar-refractivity contribution is 5.89. The number of hydrogen-bond donors (Lipinski definition) is 2. The molecule has 1 aliphatic heterocycles. The van der Waals surface area contributed by atoms with E-state index in [2.05, 4.69) is 10.6 Å². The van der Waals surface area contributed by atoms with Gasteiger partial charge in [0.1, 0.15) is 0 Å². The quantitative estimate of drug-likeness (QED) is 0.737. The molecule has 1 fully saturated rings. The van der Waals surface area contributed by atoms with Gasteiger partial charge in [0.2, 0.25) is 0 Å². The highest BCUT2D eigenvalue weighted by Crippen LogP contribution is 2.13. The molecular weight excluding hydrogens is 350 g/mol. The second-order valence-corrected chi connectivity index (χ2v) is 6.63. The molecule has 0 spiro atoms. The van der Waals surface area contributed by atoms with Crippen molar-refractivity contribution in [3.8, 4) is 0 Å². The minimum Gasteiger partial charge on any atom is -0.452 e. The van der Waals surface area contributed by atoms with Gasteiger partial charge in [0.25, 0.3) is 5.91 Å². The minimum atomic E-state index is -0.867. The molecule has 0 saturated carbocycles. The summed E-state index contributed by atoms with van der Waals surface area (Å²) in [6.45, 7) is 6.43. The van der Waals surface area contributed by atoms with Crippen molar-refractivity contribution in [1.29, 1.82) is 0 Å². The van der Waals surface area contributed by atoms with E-state index in [0.29, 0.717) is 18.8 Å². The maximum atomic E-state index is 12.4. The number of urea groups is 1. The summed E-state index contributed by atoms with van der Waals surface area (Å²) in [7, 11) is 0. The Balaban J connectivity index is 1.68. The Morgan fingerprint density at radius 3 is 2.44 bits per heavy atom. The third-order valence-electron chi connectivity index (χ3n) is 4.03. The molecule has 1 aromatic rings. The summed E-state index contributed by atoms with van der Waals surface area (Å²) < 4.78 is 10.8. The Labute approximate surface area is 159 Å². The summed E-state index contributed by atoms with van der Waals surface area (Å²) >= 11 is 0. The normalized spacial score (nSPS) is 20.5. The minimum absolute atomic E-state index is 0.0181. The molecule has 3 amide bonds. The molecular formula is C19H27N3O5. The van der Waals surface area contributed by atoms with Crippen LogP contribution >= 0.6 is 0 Å². The van der Waals surface area contributed by atoms with Gasteiger partial charge in [-0.25, -0.2) is 4.79 Å². The number of ether oxygens (including phenoxy) is 2. The van der Waals surface area contributed by atoms with E-state index in [0.717, 1.165) is 0 Å². The summed E-state index contributed by atoms with van der Waals surface area (Å²) in [4.78, 5) is 37.7. The molecule has 1 aliphatic rings. The fraction of sp³-hybridized carbons (Fsp3) is 0.526. The van der Waals surface area contributed by atoms with Gasteiger partial charge in [-0.3, -0.25) is 9.59 Å². The van der Waals surface area contributed by atoms with Crippen LogP contribution in [-0.2, 0) is 19.1 Å². The van der Waals surface area contributed by atoms with Crippen molar-refractivity contribution >= 4 is 23.6 Å². The lowest BCUT2D eigenvalue weighted by Gasteiger charge is -2.36. The Kier molecular flexibility index (Phi) is 7.60. The van der Waals surface area contributed by atoms with E-state index in [-0.39, 0.29) is 31.1 Å². The van der Waals surface area contributed by atoms with Crippen molar-refractivity contribution in [3.05, 3.63) is 30.3 Å². The highest BCUT2D eigenvalue weighted by atomic mass is 16.5. The van der Waals surface area contributed by atoms with Gasteiger partial charge in [-0.15, -0.1) is 0 Å². The van der Waals surface area contributed by atoms with Crippen molar-refractivity contribution in [2.75, 3.05) is 25.0 Å². The van der Waals surface area contributed by atoms with Gasteiger partial charge in [-0.05, 0) is 32.9 Å². The van der Waals surface area contributed by atoms with Crippen LogP contribution in [0.2, 0.25) is 0 Å². The van der Waals surface area contributed by atoms with E-state index in [9.17, 15) is 14.4 Å². The average molecular weight is 377 g/mol. The molecule has 2 rings (SSSR count). The molecule has 0 aromatic heterocycles. The van der Waals surface area contributed by atoms with Crippen LogP contribution in [0.15, 0.2) is 30.3 Å². The number of carbonyl (C=O) groups is 3. The zero-order valence-electron chi connectivity index (χ0n) is 15.9. The van der Waals surface area contributed by atoms with Gasteiger partial charge >= 0.3 is 12.0 Å². The van der Waals surface area contributed by atoms with Crippen LogP contribution in [0.5, 0.6) is 0 Å². The molecule has 1 aromatic carbocycles. The second kappa shape index (κ2) is 9.91. The monoisotopic (exact) mass is 377 g/mol. The third kappa shape index (κ3) is 6.90. The topological polar surface area (TPSA) is 97.0 Å². The molecule has 0 aliphatic carbocycles. The summed E-state index contributed by atoms with van der Waals surface area (Å²) in [5.74, 6) is -0.773. The zero-order chi connectivity index (χ0) is 19.8. The van der Waals surface area contributed by atoms with Gasteiger partial charge in [-0.1, -0.05) is 18.2 Å². The molecule has 8 heteroatoms. The maximum absolute atomic E-state index is 12.4. The Hall–Kier alpha value is -2.61. The first-order valence-electron chi connectivity index (χ1n) is 9.08. The molecule has 2 N–H and O–H groups in total. The van der Waals surface area contributed by atoms with E-state index in [1.165, 1.54) is 0 Å². The number of amides is 3. The molecule has 8 nitrogen and oxygen atoms in total. The Bertz CT molecular complexity index is 642. The predicted octanol–water partition coefficient (Wildman–Crippen LogP) is 1.77. The number of para-hydroxylation sites is 1. The van der Waals surface area contributed by atoms with Gasteiger partial charge in [0, 0.05) is 25.3 Å². The Morgan fingerprint density at radius 1 is 1.19 bits per heavy atom. The predicted molar refractivity (Wildman–Crippen MR) is 100 cm³/mol. The second-order valence-electron chi connectivity index (χ2n) is 6.63. The molecule has 1 heterocycles. The largest absolute Gasteiger partial charge is 0.452 e. The van der Waals surface area contributed by atoms with Crippen LogP contribution in [-0.4, -0.2) is 60.8 Å². The van der Waals surface area contributed by atoms with Crippen LogP contribution in [0.25, 0.3) is 0 Å². The number of esters is 1. The van der Waals surface area contributed by atoms with Crippen molar-refractivity contribution in [2.24, 2.45) is 0 Å². The summed E-state index contributed by atoms with van der Waals surface area (Å²) in [6.07, 6.45) is -0.982. The van der Waals surface area contributed by atoms with Crippen molar-refractivity contribution in [3.63, 3.8) is 0 Å². The summed E-state index contributed by atoms with van der Waals surface area (Å²) in [5, 5.41) is 5.23. The van der Waals surface area contributed by atoms with Gasteiger partial charge < -0.3 is 25.0 Å². The standard InChI is InChI=1S/C19H27N3O5/c1-13-11-22(12-14(2)26-13)18(24)15(3)27-17(23)9-10-20-19(25)21-16-7-5-4-6-8-16/h4-8,13-15H,9-12H2,1-3H3,(H2,20,21,25)/t13-,14+,15-/m0/s1. The van der Waals surface area contributed by atoms with E-state index in [4.69, 9.17) is 9.47 Å². The average Bonchev–Trinajstić information content (AvgIpc) is 2.61. The Morgan fingerprint density at radius 2 is 1.81 bits per heavy atom. The van der Waals surface area contributed by atoms with E-state index < -0.39 is 18.1 Å². The van der Waals surface area contributed by atoms with E-state index in [1.807, 2.05) is 19.9 Å². The van der Waals surface area contributed by atoms with Gasteiger partial charge in [-0.2, -0.15) is 0 Å². The number of nitrogens with zero attached hydrogens (tertiary/aromatic N) is 1. The number of morpholine rings is 1. The smallest absolute Gasteiger partial charge is 0.319 e. The first kappa shape index (κ1) is 20.7. The number of anilines is 1. The SMILES string of the molecule is C[C@@H]1CN(C(=O)[C@H](C)OC(=O)CCNC(=O)Nc2ccccc2)C[C@H](C)O1. The lowest BCUT2D eigenvalue weighted by Crippen LogP contribution is -2.51. The fourth-order valence-corrected chi connectivity index (χ4v) is 2.90. The number of hydrogen-bond acceptors (Lipinski definition) is 5. The summed E-state index contributed by atoms with van der Waals surface area (Å²) in [5.41, 5.74) is 0.658. The van der Waals surface area contributed by atoms with E-state index in [1.54, 1.807) is 36.1 Å². The molecule has 27 heavy (non-hydrogen) atoms. The van der Waals surface area contributed by atoms with Crippen LogP contribution in [0.1, 0.15) is 27.2 Å². The van der Waals surface area contributed by atoms with Gasteiger partial charge in [0.15, 0.2) is 6.10 Å². The maximum Gasteiger partial charge on any atom is 0.319 e. The van der Waals surface area contributed by atoms with Crippen molar-refractivity contribution in [1.82, 2.24) is 10.2 Å². The lowest BCUT2D eigenvalue weighted by molar-refractivity contribution is -0.164. The molecule has 0 radical (unpaired) electrons. The fourth-order valence-electron chi connectivity index (χ4n) is 2.90. The van der Waals surface area contributed by atoms with E-state index >= 15 is 0 Å². The lowest BCUT2D eigenvalue weighted by atomic mass is 10.2. The molecule has 0 bridgehead atoms. The van der Waals surface area contributed by atoms with Crippen LogP contribution in [0.4, 0.5) is 10.5 Å². The van der Waals surface area contributed by atoms with Crippen LogP contribution in [0, 0.1) is 0 Å². The molecule has 148 valence electrons. The van der Waals surface area contributed by atoms with Gasteiger partial charge in [0.05, 0.1) is 18.6 Å². The first-order valence-corrected chi connectivity index (χ1v) is 9.08. The van der Waals surface area contributed by atoms with Crippen molar-refractivity contribution < 1.29 is 23.9 Å². The van der Waals surface area contributed by atoms with Crippen LogP contribution in [0.3, 0.4) is 0 Å². The third-order valence-corrected chi connectivity index (χ3v) is 4.03. The highest BCUT2D eigenvalue weighted by Gasteiger charge is 2.30. The van der Waals surface area contributed by atoms with Crippen molar-refractivity contribution in [2.45, 2.75) is 45.5 Å². The zero-order valence-corrected chi connectivity index (χ0v) is 15.9. The molecule has 3 atom stereocenters. The number of rotatable bonds is 6. The summed E-state index contributed by atoms with van der Waals surface area (Å²) in [6, 6.07) is 8.57. The number of nitrogens with one attached hydrogen (secondary N) is 2. The van der Waals surface area contributed by atoms with Crippen LogP contribution < -0.4 is 10.6 Å². The number of carbonyl (C=O) groups excluding carboxylic acids is 3. The first-order chi connectivity index (χ1) is 12.8. The number of benzene rings is 1.